The first-order valence-electron chi connectivity index (χ1n) is 6.85. The molecule has 0 saturated carbocycles. The average Bonchev–Trinajstić information content (AvgIpc) is 2.45. The summed E-state index contributed by atoms with van der Waals surface area (Å²) in [5.74, 6) is 0.293. The molecule has 2 unspecified atom stereocenters. The molecular formula is C15H23ClN2O3. The molecule has 1 rings (SSSR count). The Morgan fingerprint density at radius 1 is 1.38 bits per heavy atom. The van der Waals surface area contributed by atoms with Crippen molar-refractivity contribution in [2.24, 2.45) is 0 Å². The van der Waals surface area contributed by atoms with Crippen LogP contribution in [0.25, 0.3) is 0 Å². The zero-order valence-corrected chi connectivity index (χ0v) is 13.7. The van der Waals surface area contributed by atoms with Crippen LogP contribution in [0.1, 0.15) is 25.5 Å². The van der Waals surface area contributed by atoms with Crippen molar-refractivity contribution in [2.45, 2.75) is 25.9 Å². The highest BCUT2D eigenvalue weighted by Crippen LogP contribution is 2.27. The van der Waals surface area contributed by atoms with Gasteiger partial charge in [-0.05, 0) is 38.6 Å². The van der Waals surface area contributed by atoms with Gasteiger partial charge in [-0.2, -0.15) is 0 Å². The van der Waals surface area contributed by atoms with Crippen molar-refractivity contribution in [3.63, 3.8) is 0 Å². The van der Waals surface area contributed by atoms with Crippen LogP contribution in [0.5, 0.6) is 5.75 Å². The van der Waals surface area contributed by atoms with Gasteiger partial charge in [0.1, 0.15) is 5.75 Å². The van der Waals surface area contributed by atoms with Crippen LogP contribution in [0.15, 0.2) is 18.2 Å². The molecule has 6 heteroatoms. The normalized spacial score (nSPS) is 13.6. The van der Waals surface area contributed by atoms with Gasteiger partial charge in [-0.3, -0.25) is 4.79 Å². The van der Waals surface area contributed by atoms with E-state index in [-0.39, 0.29) is 24.6 Å². The third-order valence-corrected chi connectivity index (χ3v) is 3.37. The van der Waals surface area contributed by atoms with E-state index in [1.165, 1.54) is 0 Å². The lowest BCUT2D eigenvalue weighted by atomic mass is 10.1. The van der Waals surface area contributed by atoms with Gasteiger partial charge in [-0.15, -0.1) is 0 Å². The maximum absolute atomic E-state index is 11.7. The summed E-state index contributed by atoms with van der Waals surface area (Å²) >= 11 is 6.16. The Bertz CT molecular complexity index is 468. The van der Waals surface area contributed by atoms with Gasteiger partial charge < -0.3 is 20.1 Å². The Morgan fingerprint density at radius 3 is 2.67 bits per heavy atom. The molecule has 2 atom stereocenters. The number of amides is 1. The second-order valence-corrected chi connectivity index (χ2v) is 5.32. The third-order valence-electron chi connectivity index (χ3n) is 3.07. The molecule has 0 saturated heterocycles. The van der Waals surface area contributed by atoms with Gasteiger partial charge >= 0.3 is 0 Å². The standard InChI is InChI=1S/C15H23ClN2O3/c1-10(8-20-4)18-15(19)9-21-14-6-5-12(7-13(14)16)11(2)17-3/h5-7,10-11,17H,8-9H2,1-4H3,(H,18,19). The SMILES string of the molecule is CNC(C)c1ccc(OCC(=O)NC(C)COC)c(Cl)c1. The van der Waals surface area contributed by atoms with Crippen LogP contribution in [-0.4, -0.2) is 39.3 Å². The van der Waals surface area contributed by atoms with Crippen LogP contribution in [0.3, 0.4) is 0 Å². The van der Waals surface area contributed by atoms with E-state index in [9.17, 15) is 4.79 Å². The van der Waals surface area contributed by atoms with Crippen molar-refractivity contribution < 1.29 is 14.3 Å². The van der Waals surface area contributed by atoms with Crippen LogP contribution < -0.4 is 15.4 Å². The van der Waals surface area contributed by atoms with E-state index in [0.717, 1.165) is 5.56 Å². The highest BCUT2D eigenvalue weighted by Gasteiger charge is 2.11. The van der Waals surface area contributed by atoms with E-state index < -0.39 is 0 Å². The zero-order valence-electron chi connectivity index (χ0n) is 12.9. The first-order chi connectivity index (χ1) is 9.97. The van der Waals surface area contributed by atoms with Gasteiger partial charge in [0.25, 0.3) is 5.91 Å². The third kappa shape index (κ3) is 5.91. The van der Waals surface area contributed by atoms with Crippen molar-refractivity contribution in [2.75, 3.05) is 27.4 Å². The number of rotatable bonds is 8. The molecule has 118 valence electrons. The predicted octanol–water partition coefficient (Wildman–Crippen LogP) is 2.15. The van der Waals surface area contributed by atoms with Crippen LogP contribution >= 0.6 is 11.6 Å². The largest absolute Gasteiger partial charge is 0.482 e. The molecule has 0 aliphatic carbocycles. The van der Waals surface area contributed by atoms with Crippen LogP contribution in [0.4, 0.5) is 0 Å². The Kier molecular flexibility index (Phi) is 7.50. The summed E-state index contributed by atoms with van der Waals surface area (Å²) in [4.78, 5) is 11.7. The van der Waals surface area contributed by atoms with Gasteiger partial charge in [0.2, 0.25) is 0 Å². The number of hydrogen-bond donors (Lipinski definition) is 2. The first-order valence-corrected chi connectivity index (χ1v) is 7.23. The van der Waals surface area contributed by atoms with Crippen LogP contribution in [0, 0.1) is 0 Å². The molecule has 0 radical (unpaired) electrons. The highest BCUT2D eigenvalue weighted by molar-refractivity contribution is 6.32. The number of carbonyl (C=O) groups excluding carboxylic acids is 1. The smallest absolute Gasteiger partial charge is 0.258 e. The fraction of sp³-hybridized carbons (Fsp3) is 0.533. The summed E-state index contributed by atoms with van der Waals surface area (Å²) in [5.41, 5.74) is 1.06. The second-order valence-electron chi connectivity index (χ2n) is 4.91. The predicted molar refractivity (Wildman–Crippen MR) is 83.9 cm³/mol. The highest BCUT2D eigenvalue weighted by atomic mass is 35.5. The Hall–Kier alpha value is -1.30. The molecule has 5 nitrogen and oxygen atoms in total. The minimum atomic E-state index is -0.205. The molecular weight excluding hydrogens is 292 g/mol. The molecule has 1 aromatic rings. The van der Waals surface area contributed by atoms with Gasteiger partial charge in [0, 0.05) is 19.2 Å². The van der Waals surface area contributed by atoms with Crippen molar-refractivity contribution >= 4 is 17.5 Å². The number of carbonyl (C=O) groups is 1. The lowest BCUT2D eigenvalue weighted by Gasteiger charge is -2.15. The molecule has 21 heavy (non-hydrogen) atoms. The molecule has 1 aromatic carbocycles. The summed E-state index contributed by atoms with van der Waals surface area (Å²) in [7, 11) is 3.47. The van der Waals surface area contributed by atoms with Crippen molar-refractivity contribution in [3.05, 3.63) is 28.8 Å². The molecule has 0 aliphatic heterocycles. The molecule has 0 fully saturated rings. The zero-order chi connectivity index (χ0) is 15.8. The maximum Gasteiger partial charge on any atom is 0.258 e. The van der Waals surface area contributed by atoms with Crippen molar-refractivity contribution in [1.29, 1.82) is 0 Å². The number of ether oxygens (including phenoxy) is 2. The number of nitrogens with one attached hydrogen (secondary N) is 2. The molecule has 1 amide bonds. The summed E-state index contributed by atoms with van der Waals surface area (Å²) in [6, 6.07) is 5.68. The topological polar surface area (TPSA) is 59.6 Å². The van der Waals surface area contributed by atoms with Gasteiger partial charge in [0.15, 0.2) is 6.61 Å². The van der Waals surface area contributed by atoms with E-state index in [2.05, 4.69) is 10.6 Å². The molecule has 0 aliphatic rings. The minimum Gasteiger partial charge on any atom is -0.482 e. The van der Waals surface area contributed by atoms with Crippen molar-refractivity contribution in [1.82, 2.24) is 10.6 Å². The number of halogens is 1. The minimum absolute atomic E-state index is 0.0552. The van der Waals surface area contributed by atoms with Gasteiger partial charge in [-0.25, -0.2) is 0 Å². The summed E-state index contributed by atoms with van der Waals surface area (Å²) in [6.45, 7) is 4.29. The number of methoxy groups -OCH3 is 1. The van der Waals surface area contributed by atoms with Crippen LogP contribution in [-0.2, 0) is 9.53 Å². The molecule has 0 bridgehead atoms. The quantitative estimate of drug-likeness (QED) is 0.772. The lowest BCUT2D eigenvalue weighted by molar-refractivity contribution is -0.124. The van der Waals surface area contributed by atoms with E-state index in [4.69, 9.17) is 21.1 Å². The Balaban J connectivity index is 2.54. The monoisotopic (exact) mass is 314 g/mol. The first kappa shape index (κ1) is 17.8. The van der Waals surface area contributed by atoms with E-state index in [1.807, 2.05) is 33.0 Å². The fourth-order valence-electron chi connectivity index (χ4n) is 1.82. The summed E-state index contributed by atoms with van der Waals surface area (Å²) < 4.78 is 10.4. The summed E-state index contributed by atoms with van der Waals surface area (Å²) in [5, 5.41) is 6.40. The van der Waals surface area contributed by atoms with E-state index in [1.54, 1.807) is 13.2 Å². The van der Waals surface area contributed by atoms with E-state index >= 15 is 0 Å². The molecule has 0 aromatic heterocycles. The average molecular weight is 315 g/mol. The van der Waals surface area contributed by atoms with Gasteiger partial charge in [-0.1, -0.05) is 17.7 Å². The van der Waals surface area contributed by atoms with Crippen molar-refractivity contribution in [3.8, 4) is 5.75 Å². The molecule has 0 heterocycles. The summed E-state index contributed by atoms with van der Waals surface area (Å²) in [6.07, 6.45) is 0. The van der Waals surface area contributed by atoms with E-state index in [0.29, 0.717) is 17.4 Å². The Morgan fingerprint density at radius 2 is 2.10 bits per heavy atom. The second kappa shape index (κ2) is 8.87. The fourth-order valence-corrected chi connectivity index (χ4v) is 2.07. The Labute approximate surface area is 131 Å². The number of hydrogen-bond acceptors (Lipinski definition) is 4. The van der Waals surface area contributed by atoms with Crippen LogP contribution in [0.2, 0.25) is 5.02 Å². The van der Waals surface area contributed by atoms with Gasteiger partial charge in [0.05, 0.1) is 11.6 Å². The number of benzene rings is 1. The molecule has 0 spiro atoms. The molecule has 2 N–H and O–H groups in total. The lowest BCUT2D eigenvalue weighted by Crippen LogP contribution is -2.38. The maximum atomic E-state index is 11.7.